The summed E-state index contributed by atoms with van der Waals surface area (Å²) in [6.07, 6.45) is 2.47. The zero-order chi connectivity index (χ0) is 11.5. The van der Waals surface area contributed by atoms with Gasteiger partial charge in [-0.25, -0.2) is 0 Å². The molecule has 2 unspecified atom stereocenters. The highest BCUT2D eigenvalue weighted by molar-refractivity contribution is 7.99. The van der Waals surface area contributed by atoms with Gasteiger partial charge in [-0.1, -0.05) is 27.2 Å². The average Bonchev–Trinajstić information content (AvgIpc) is 2.25. The first-order chi connectivity index (χ1) is 7.24. The molecular formula is C12H27NOS. The van der Waals surface area contributed by atoms with Crippen LogP contribution in [0.5, 0.6) is 0 Å². The minimum Gasteiger partial charge on any atom is -0.383 e. The minimum atomic E-state index is 0.518. The van der Waals surface area contributed by atoms with Gasteiger partial charge in [-0.2, -0.15) is 11.8 Å². The third kappa shape index (κ3) is 9.21. The van der Waals surface area contributed by atoms with Gasteiger partial charge < -0.3 is 10.1 Å². The molecule has 0 rings (SSSR count). The van der Waals surface area contributed by atoms with Crippen molar-refractivity contribution in [3.63, 3.8) is 0 Å². The van der Waals surface area contributed by atoms with Gasteiger partial charge in [0.1, 0.15) is 0 Å². The third-order valence-corrected chi connectivity index (χ3v) is 3.91. The maximum atomic E-state index is 5.21. The SMILES string of the molecule is CCCNC(COC)CSCC(C)CC. The van der Waals surface area contributed by atoms with E-state index in [1.807, 2.05) is 11.8 Å². The fraction of sp³-hybridized carbons (Fsp3) is 1.00. The van der Waals surface area contributed by atoms with Gasteiger partial charge in [0, 0.05) is 18.9 Å². The average molecular weight is 233 g/mol. The van der Waals surface area contributed by atoms with E-state index in [1.54, 1.807) is 7.11 Å². The molecule has 0 aliphatic heterocycles. The Hall–Kier alpha value is 0.270. The van der Waals surface area contributed by atoms with Gasteiger partial charge in [0.05, 0.1) is 6.61 Å². The summed E-state index contributed by atoms with van der Waals surface area (Å²) in [5.41, 5.74) is 0. The molecular weight excluding hydrogens is 206 g/mol. The zero-order valence-electron chi connectivity index (χ0n) is 10.7. The molecule has 2 atom stereocenters. The molecule has 0 saturated heterocycles. The Labute approximate surface area is 99.5 Å². The van der Waals surface area contributed by atoms with Crippen molar-refractivity contribution in [1.82, 2.24) is 5.32 Å². The Morgan fingerprint density at radius 1 is 1.27 bits per heavy atom. The smallest absolute Gasteiger partial charge is 0.0623 e. The van der Waals surface area contributed by atoms with Gasteiger partial charge in [0.2, 0.25) is 0 Å². The lowest BCUT2D eigenvalue weighted by molar-refractivity contribution is 0.174. The van der Waals surface area contributed by atoms with Crippen LogP contribution in [0, 0.1) is 5.92 Å². The molecule has 15 heavy (non-hydrogen) atoms. The number of hydrogen-bond donors (Lipinski definition) is 1. The van der Waals surface area contributed by atoms with E-state index in [0.29, 0.717) is 6.04 Å². The summed E-state index contributed by atoms with van der Waals surface area (Å²) in [5, 5.41) is 3.52. The molecule has 0 saturated carbocycles. The van der Waals surface area contributed by atoms with Crippen LogP contribution in [-0.2, 0) is 4.74 Å². The van der Waals surface area contributed by atoms with E-state index in [9.17, 15) is 0 Å². The molecule has 0 aromatic rings. The van der Waals surface area contributed by atoms with E-state index in [4.69, 9.17) is 4.74 Å². The Balaban J connectivity index is 3.55. The summed E-state index contributed by atoms with van der Waals surface area (Å²) in [4.78, 5) is 0. The summed E-state index contributed by atoms with van der Waals surface area (Å²) < 4.78 is 5.21. The molecule has 2 nitrogen and oxygen atoms in total. The van der Waals surface area contributed by atoms with Crippen molar-refractivity contribution < 1.29 is 4.74 Å². The second-order valence-corrected chi connectivity index (χ2v) is 5.23. The second kappa shape index (κ2) is 10.8. The molecule has 0 spiro atoms. The molecule has 0 amide bonds. The van der Waals surface area contributed by atoms with Crippen LogP contribution in [0.15, 0.2) is 0 Å². The third-order valence-electron chi connectivity index (χ3n) is 2.47. The first-order valence-electron chi connectivity index (χ1n) is 6.04. The van der Waals surface area contributed by atoms with E-state index >= 15 is 0 Å². The summed E-state index contributed by atoms with van der Waals surface area (Å²) in [6, 6.07) is 0.518. The molecule has 0 bridgehead atoms. The Morgan fingerprint density at radius 2 is 2.00 bits per heavy atom. The maximum Gasteiger partial charge on any atom is 0.0623 e. The van der Waals surface area contributed by atoms with Crippen molar-refractivity contribution in [3.05, 3.63) is 0 Å². The fourth-order valence-electron chi connectivity index (χ4n) is 1.24. The monoisotopic (exact) mass is 233 g/mol. The van der Waals surface area contributed by atoms with E-state index in [-0.39, 0.29) is 0 Å². The highest BCUT2D eigenvalue weighted by Gasteiger charge is 2.08. The van der Waals surface area contributed by atoms with Crippen molar-refractivity contribution in [3.8, 4) is 0 Å². The van der Waals surface area contributed by atoms with Crippen molar-refractivity contribution in [2.24, 2.45) is 5.92 Å². The number of ether oxygens (including phenoxy) is 1. The van der Waals surface area contributed by atoms with Gasteiger partial charge in [-0.15, -0.1) is 0 Å². The number of nitrogens with one attached hydrogen (secondary N) is 1. The lowest BCUT2D eigenvalue weighted by Crippen LogP contribution is -2.36. The Morgan fingerprint density at radius 3 is 2.53 bits per heavy atom. The first kappa shape index (κ1) is 15.3. The van der Waals surface area contributed by atoms with Crippen LogP contribution in [0.1, 0.15) is 33.6 Å². The Kier molecular flexibility index (Phi) is 11.0. The van der Waals surface area contributed by atoms with E-state index < -0.39 is 0 Å². The van der Waals surface area contributed by atoms with Gasteiger partial charge >= 0.3 is 0 Å². The predicted octanol–water partition coefficient (Wildman–Crippen LogP) is 2.78. The standard InChI is InChI=1S/C12H27NOS/c1-5-7-13-12(8-14-4)10-15-9-11(3)6-2/h11-13H,5-10H2,1-4H3. The molecule has 0 aliphatic rings. The lowest BCUT2D eigenvalue weighted by atomic mass is 10.2. The maximum absolute atomic E-state index is 5.21. The molecule has 0 aromatic heterocycles. The van der Waals surface area contributed by atoms with Crippen LogP contribution in [0.3, 0.4) is 0 Å². The number of hydrogen-bond acceptors (Lipinski definition) is 3. The summed E-state index contributed by atoms with van der Waals surface area (Å²) in [7, 11) is 1.78. The van der Waals surface area contributed by atoms with Gasteiger partial charge in [-0.3, -0.25) is 0 Å². The molecule has 3 heteroatoms. The Bertz CT molecular complexity index is 133. The second-order valence-electron chi connectivity index (χ2n) is 4.16. The molecule has 0 heterocycles. The zero-order valence-corrected chi connectivity index (χ0v) is 11.5. The topological polar surface area (TPSA) is 21.3 Å². The van der Waals surface area contributed by atoms with Crippen LogP contribution >= 0.6 is 11.8 Å². The van der Waals surface area contributed by atoms with E-state index in [1.165, 1.54) is 18.6 Å². The molecule has 92 valence electrons. The van der Waals surface area contributed by atoms with Crippen LogP contribution in [0.4, 0.5) is 0 Å². The fourth-order valence-corrected chi connectivity index (χ4v) is 2.52. The minimum absolute atomic E-state index is 0.518. The quantitative estimate of drug-likeness (QED) is 0.627. The number of rotatable bonds is 10. The van der Waals surface area contributed by atoms with Gasteiger partial charge in [-0.05, 0) is 24.6 Å². The van der Waals surface area contributed by atoms with Crippen molar-refractivity contribution in [2.45, 2.75) is 39.7 Å². The van der Waals surface area contributed by atoms with Crippen molar-refractivity contribution >= 4 is 11.8 Å². The normalized spacial score (nSPS) is 15.2. The van der Waals surface area contributed by atoms with E-state index in [2.05, 4.69) is 26.1 Å². The first-order valence-corrected chi connectivity index (χ1v) is 7.20. The number of methoxy groups -OCH3 is 1. The van der Waals surface area contributed by atoms with Crippen LogP contribution in [0.25, 0.3) is 0 Å². The summed E-state index contributed by atoms with van der Waals surface area (Å²) >= 11 is 2.04. The predicted molar refractivity (Wildman–Crippen MR) is 70.7 cm³/mol. The van der Waals surface area contributed by atoms with Crippen molar-refractivity contribution in [2.75, 3.05) is 31.8 Å². The largest absolute Gasteiger partial charge is 0.383 e. The van der Waals surface area contributed by atoms with Crippen molar-refractivity contribution in [1.29, 1.82) is 0 Å². The summed E-state index contributed by atoms with van der Waals surface area (Å²) in [5.74, 6) is 3.27. The van der Waals surface area contributed by atoms with Crippen LogP contribution in [-0.4, -0.2) is 37.8 Å². The van der Waals surface area contributed by atoms with E-state index in [0.717, 1.165) is 24.8 Å². The highest BCUT2D eigenvalue weighted by atomic mass is 32.2. The van der Waals surface area contributed by atoms with Gasteiger partial charge in [0.15, 0.2) is 0 Å². The van der Waals surface area contributed by atoms with Crippen LogP contribution in [0.2, 0.25) is 0 Å². The molecule has 0 aliphatic carbocycles. The highest BCUT2D eigenvalue weighted by Crippen LogP contribution is 2.12. The molecule has 1 N–H and O–H groups in total. The van der Waals surface area contributed by atoms with Crippen LogP contribution < -0.4 is 5.32 Å². The number of thioether (sulfide) groups is 1. The molecule has 0 aromatic carbocycles. The lowest BCUT2D eigenvalue weighted by Gasteiger charge is -2.18. The molecule has 0 radical (unpaired) electrons. The molecule has 0 fully saturated rings. The van der Waals surface area contributed by atoms with Gasteiger partial charge in [0.25, 0.3) is 0 Å². The summed E-state index contributed by atoms with van der Waals surface area (Å²) in [6.45, 7) is 8.69.